The van der Waals surface area contributed by atoms with Crippen LogP contribution in [-0.4, -0.2) is 0 Å². The average Bonchev–Trinajstić information content (AvgIpc) is 2.83. The van der Waals surface area contributed by atoms with Crippen molar-refractivity contribution in [3.8, 4) is 0 Å². The molecule has 16 heavy (non-hydrogen) atoms. The lowest BCUT2D eigenvalue weighted by atomic mass is 10.1. The maximum Gasteiger partial charge on any atom is 0.0700 e. The maximum atomic E-state index is 2.23. The van der Waals surface area contributed by atoms with Crippen molar-refractivity contribution >= 4 is 47.0 Å². The first kappa shape index (κ1) is 11.7. The van der Waals surface area contributed by atoms with Crippen molar-refractivity contribution in [3.63, 3.8) is 0 Å². The molecule has 0 spiro atoms. The zero-order valence-electron chi connectivity index (χ0n) is 9.46. The van der Waals surface area contributed by atoms with E-state index in [0.717, 1.165) is 0 Å². The lowest BCUT2D eigenvalue weighted by Gasteiger charge is -2.09. The fraction of sp³-hybridized carbons (Fsp3) is 0.500. The first-order valence-electron chi connectivity index (χ1n) is 5.59. The summed E-state index contributed by atoms with van der Waals surface area (Å²) in [4.78, 5) is 6.31. The Kier molecular flexibility index (Phi) is 3.44. The molecule has 0 N–H and O–H groups in total. The molecule has 0 amide bonds. The molecule has 1 aliphatic carbocycles. The van der Waals surface area contributed by atoms with Gasteiger partial charge in [0.1, 0.15) is 0 Å². The van der Waals surface area contributed by atoms with Gasteiger partial charge in [-0.15, -0.1) is 0 Å². The largest absolute Gasteiger partial charge is 0.0849 e. The van der Waals surface area contributed by atoms with Crippen LogP contribution in [-0.2, 0) is 0 Å². The van der Waals surface area contributed by atoms with Gasteiger partial charge < -0.3 is 0 Å². The second-order valence-electron chi connectivity index (χ2n) is 4.15. The summed E-state index contributed by atoms with van der Waals surface area (Å²) in [6.45, 7) is 4.47. The van der Waals surface area contributed by atoms with Gasteiger partial charge in [0, 0.05) is 9.81 Å². The molecule has 3 rings (SSSR count). The third-order valence-electron chi connectivity index (χ3n) is 2.95. The van der Waals surface area contributed by atoms with Crippen LogP contribution in [0, 0.1) is 0 Å². The molecule has 0 radical (unpaired) electrons. The summed E-state index contributed by atoms with van der Waals surface area (Å²) in [5, 5.41) is 0. The zero-order chi connectivity index (χ0) is 11.1. The second-order valence-corrected chi connectivity index (χ2v) is 9.33. The number of rotatable bonds is 0. The third kappa shape index (κ3) is 2.14. The van der Waals surface area contributed by atoms with Gasteiger partial charge in [-0.3, -0.25) is 0 Å². The fourth-order valence-corrected chi connectivity index (χ4v) is 7.66. The van der Waals surface area contributed by atoms with E-state index in [4.69, 9.17) is 0 Å². The van der Waals surface area contributed by atoms with Crippen molar-refractivity contribution in [2.24, 2.45) is 0 Å². The molecule has 0 aromatic heterocycles. The number of allylic oxidation sites excluding steroid dienone is 4. The highest BCUT2D eigenvalue weighted by Crippen LogP contribution is 2.61. The van der Waals surface area contributed by atoms with Crippen LogP contribution in [0.3, 0.4) is 0 Å². The molecule has 0 bridgehead atoms. The van der Waals surface area contributed by atoms with E-state index in [1.165, 1.54) is 39.7 Å². The van der Waals surface area contributed by atoms with Gasteiger partial charge in [0.25, 0.3) is 0 Å². The molecule has 86 valence electrons. The Hall–Kier alpha value is 0.620. The minimum atomic E-state index is 1.32. The summed E-state index contributed by atoms with van der Waals surface area (Å²) < 4.78 is 3.08. The highest BCUT2D eigenvalue weighted by Gasteiger charge is 2.28. The number of hydrogen-bond acceptors (Lipinski definition) is 4. The van der Waals surface area contributed by atoms with Crippen molar-refractivity contribution < 1.29 is 0 Å². The van der Waals surface area contributed by atoms with Crippen molar-refractivity contribution in [2.75, 3.05) is 0 Å². The molecule has 0 unspecified atom stereocenters. The van der Waals surface area contributed by atoms with Crippen molar-refractivity contribution in [1.29, 1.82) is 0 Å². The second kappa shape index (κ2) is 4.71. The highest BCUT2D eigenvalue weighted by atomic mass is 32.2. The lowest BCUT2D eigenvalue weighted by Crippen LogP contribution is -1.89. The van der Waals surface area contributed by atoms with Gasteiger partial charge in [-0.25, -0.2) is 0 Å². The Morgan fingerprint density at radius 3 is 1.62 bits per heavy atom. The molecule has 2 aliphatic heterocycles. The SMILES string of the molecule is CC1=C(C)SC(=C2SC3=C(CCCC3)S2)S1. The minimum absolute atomic E-state index is 1.32. The first-order chi connectivity index (χ1) is 7.74. The Bertz CT molecular complexity index is 392. The van der Waals surface area contributed by atoms with Crippen LogP contribution in [0.15, 0.2) is 28.1 Å². The summed E-state index contributed by atoms with van der Waals surface area (Å²) in [5.74, 6) is 0. The predicted molar refractivity (Wildman–Crippen MR) is 81.3 cm³/mol. The quantitative estimate of drug-likeness (QED) is 0.526. The van der Waals surface area contributed by atoms with Gasteiger partial charge in [0.05, 0.1) is 8.47 Å². The van der Waals surface area contributed by atoms with Gasteiger partial charge in [-0.05, 0) is 49.3 Å². The molecule has 0 nitrogen and oxygen atoms in total. The monoisotopic (exact) mass is 286 g/mol. The van der Waals surface area contributed by atoms with Gasteiger partial charge in [-0.2, -0.15) is 0 Å². The third-order valence-corrected chi connectivity index (χ3v) is 8.91. The standard InChI is InChI=1S/C12H14S4/c1-7-8(2)14-11(13-7)12-15-9-5-3-4-6-10(9)16-12/h3-6H2,1-2H3. The molecule has 2 heterocycles. The molecule has 0 aromatic carbocycles. The summed E-state index contributed by atoms with van der Waals surface area (Å²) in [6.07, 6.45) is 5.44. The molecule has 0 aromatic rings. The van der Waals surface area contributed by atoms with Crippen molar-refractivity contribution in [1.82, 2.24) is 0 Å². The van der Waals surface area contributed by atoms with Crippen LogP contribution >= 0.6 is 47.0 Å². The van der Waals surface area contributed by atoms with E-state index in [9.17, 15) is 0 Å². The van der Waals surface area contributed by atoms with Gasteiger partial charge in [0.2, 0.25) is 0 Å². The van der Waals surface area contributed by atoms with Crippen LogP contribution in [0.2, 0.25) is 0 Å². The van der Waals surface area contributed by atoms with Gasteiger partial charge in [-0.1, -0.05) is 47.0 Å². The summed E-state index contributed by atoms with van der Waals surface area (Å²) in [7, 11) is 0. The predicted octanol–water partition coefficient (Wildman–Crippen LogP) is 6.11. The van der Waals surface area contributed by atoms with Crippen molar-refractivity contribution in [2.45, 2.75) is 39.5 Å². The Labute approximate surface area is 114 Å². The Morgan fingerprint density at radius 2 is 1.12 bits per heavy atom. The fourth-order valence-electron chi connectivity index (χ4n) is 1.92. The number of hydrogen-bond donors (Lipinski definition) is 0. The molecule has 3 aliphatic rings. The van der Waals surface area contributed by atoms with E-state index in [0.29, 0.717) is 0 Å². The van der Waals surface area contributed by atoms with Crippen LogP contribution < -0.4 is 0 Å². The summed E-state index contributed by atoms with van der Waals surface area (Å²) >= 11 is 8.04. The smallest absolute Gasteiger partial charge is 0.0700 e. The van der Waals surface area contributed by atoms with Crippen LogP contribution in [0.25, 0.3) is 0 Å². The molecule has 0 atom stereocenters. The minimum Gasteiger partial charge on any atom is -0.0849 e. The van der Waals surface area contributed by atoms with E-state index in [1.807, 2.05) is 47.0 Å². The van der Waals surface area contributed by atoms with E-state index in [2.05, 4.69) is 13.8 Å². The van der Waals surface area contributed by atoms with Gasteiger partial charge >= 0.3 is 0 Å². The van der Waals surface area contributed by atoms with E-state index in [1.54, 1.807) is 14.0 Å². The summed E-state index contributed by atoms with van der Waals surface area (Å²) in [5.41, 5.74) is 0. The molecular formula is C12H14S4. The molecule has 4 heteroatoms. The molecule has 0 saturated heterocycles. The summed E-state index contributed by atoms with van der Waals surface area (Å²) in [6, 6.07) is 0. The molecule has 0 fully saturated rings. The normalized spacial score (nSPS) is 25.9. The van der Waals surface area contributed by atoms with Crippen molar-refractivity contribution in [3.05, 3.63) is 28.1 Å². The molecular weight excluding hydrogens is 272 g/mol. The topological polar surface area (TPSA) is 0 Å². The average molecular weight is 287 g/mol. The first-order valence-corrected chi connectivity index (χ1v) is 8.86. The van der Waals surface area contributed by atoms with E-state index < -0.39 is 0 Å². The number of thioether (sulfide) groups is 4. The van der Waals surface area contributed by atoms with E-state index in [-0.39, 0.29) is 0 Å². The Balaban J connectivity index is 1.79. The maximum absolute atomic E-state index is 2.23. The highest BCUT2D eigenvalue weighted by molar-refractivity contribution is 8.34. The lowest BCUT2D eigenvalue weighted by molar-refractivity contribution is 0.718. The van der Waals surface area contributed by atoms with Crippen LogP contribution in [0.1, 0.15) is 39.5 Å². The van der Waals surface area contributed by atoms with Crippen LogP contribution in [0.5, 0.6) is 0 Å². The van der Waals surface area contributed by atoms with Crippen LogP contribution in [0.4, 0.5) is 0 Å². The Morgan fingerprint density at radius 1 is 0.688 bits per heavy atom. The zero-order valence-corrected chi connectivity index (χ0v) is 12.7. The van der Waals surface area contributed by atoms with E-state index >= 15 is 0 Å². The van der Waals surface area contributed by atoms with Gasteiger partial charge in [0.15, 0.2) is 0 Å². The molecule has 0 saturated carbocycles.